The van der Waals surface area contributed by atoms with Gasteiger partial charge in [0.15, 0.2) is 0 Å². The van der Waals surface area contributed by atoms with Gasteiger partial charge in [0, 0.05) is 19.6 Å². The van der Waals surface area contributed by atoms with Gasteiger partial charge in [-0.3, -0.25) is 0 Å². The van der Waals surface area contributed by atoms with Crippen LogP contribution in [0.2, 0.25) is 0 Å². The summed E-state index contributed by atoms with van der Waals surface area (Å²) >= 11 is 0. The van der Waals surface area contributed by atoms with E-state index in [9.17, 15) is 26.4 Å². The van der Waals surface area contributed by atoms with Gasteiger partial charge in [-0.05, 0) is 20.8 Å². The molecule has 1 heterocycles. The highest BCUT2D eigenvalue weighted by Crippen LogP contribution is 2.30. The molecule has 0 aromatic rings. The second-order valence-corrected chi connectivity index (χ2v) is 7.79. The summed E-state index contributed by atoms with van der Waals surface area (Å²) in [7, 11) is -4.01. The zero-order chi connectivity index (χ0) is 16.6. The molecule has 1 rings (SSSR count). The van der Waals surface area contributed by atoms with Crippen molar-refractivity contribution in [1.82, 2.24) is 9.21 Å². The molecule has 0 unspecified atom stereocenters. The number of hydrogen-bond donors (Lipinski definition) is 0. The molecule has 1 aliphatic heterocycles. The summed E-state index contributed by atoms with van der Waals surface area (Å²) in [4.78, 5) is 12.7. The Hall–Kier alpha value is -1.03. The molecule has 0 saturated carbocycles. The average Bonchev–Trinajstić information content (AvgIpc) is 2.23. The minimum atomic E-state index is -4.76. The van der Waals surface area contributed by atoms with E-state index in [-0.39, 0.29) is 6.54 Å². The third kappa shape index (κ3) is 5.03. The van der Waals surface area contributed by atoms with E-state index in [4.69, 9.17) is 4.74 Å². The number of carbonyl (C=O) groups excluding carboxylic acids is 1. The summed E-state index contributed by atoms with van der Waals surface area (Å²) in [5, 5.41) is 0. The third-order valence-corrected chi connectivity index (χ3v) is 4.08. The summed E-state index contributed by atoms with van der Waals surface area (Å²) in [5.41, 5.74) is -0.835. The van der Waals surface area contributed by atoms with E-state index in [0.717, 1.165) is 11.2 Å². The number of sulfonamides is 1. The Morgan fingerprint density at radius 2 is 1.71 bits per heavy atom. The zero-order valence-corrected chi connectivity index (χ0v) is 13.1. The number of carbonyl (C=O) groups is 1. The van der Waals surface area contributed by atoms with Gasteiger partial charge in [-0.25, -0.2) is 13.2 Å². The molecule has 0 aromatic carbocycles. The summed E-state index contributed by atoms with van der Waals surface area (Å²) in [6, 6.07) is -2.26. The van der Waals surface area contributed by atoms with E-state index in [1.165, 1.54) is 0 Å². The molecule has 6 nitrogen and oxygen atoms in total. The number of amides is 1. The van der Waals surface area contributed by atoms with Gasteiger partial charge in [-0.1, -0.05) is 0 Å². The standard InChI is InChI=1S/C11H19F3N2O4S/c1-10(2,3)20-9(17)15-5-6-16(21(4,18)19)8(7-15)11(12,13)14/h8H,5-7H2,1-4H3/t8-/m0/s1. The second-order valence-electron chi connectivity index (χ2n) is 5.86. The van der Waals surface area contributed by atoms with Crippen LogP contribution >= 0.6 is 0 Å². The predicted molar refractivity (Wildman–Crippen MR) is 69.2 cm³/mol. The first kappa shape index (κ1) is 18.0. The first-order valence-electron chi connectivity index (χ1n) is 6.23. The Bertz CT molecular complexity index is 499. The van der Waals surface area contributed by atoms with Crippen molar-refractivity contribution >= 4 is 16.1 Å². The molecule has 1 aliphatic rings. The summed E-state index contributed by atoms with van der Waals surface area (Å²) < 4.78 is 67.3. The molecule has 0 spiro atoms. The van der Waals surface area contributed by atoms with E-state index >= 15 is 0 Å². The molecule has 1 fully saturated rings. The van der Waals surface area contributed by atoms with E-state index in [1.54, 1.807) is 20.8 Å². The first-order chi connectivity index (χ1) is 9.22. The van der Waals surface area contributed by atoms with Crippen LogP contribution in [0, 0.1) is 0 Å². The maximum atomic E-state index is 13.0. The van der Waals surface area contributed by atoms with Gasteiger partial charge in [0.1, 0.15) is 11.6 Å². The van der Waals surface area contributed by atoms with Crippen LogP contribution in [0.3, 0.4) is 0 Å². The van der Waals surface area contributed by atoms with Crippen molar-refractivity contribution in [3.8, 4) is 0 Å². The normalized spacial score (nSPS) is 22.2. The lowest BCUT2D eigenvalue weighted by atomic mass is 10.2. The van der Waals surface area contributed by atoms with Crippen molar-refractivity contribution in [3.05, 3.63) is 0 Å². The van der Waals surface area contributed by atoms with Crippen LogP contribution in [0.4, 0.5) is 18.0 Å². The van der Waals surface area contributed by atoms with Gasteiger partial charge >= 0.3 is 12.3 Å². The molecule has 1 amide bonds. The Labute approximate surface area is 121 Å². The fraction of sp³-hybridized carbons (Fsp3) is 0.909. The smallest absolute Gasteiger partial charge is 0.410 e. The maximum absolute atomic E-state index is 13.0. The second kappa shape index (κ2) is 5.64. The van der Waals surface area contributed by atoms with Gasteiger partial charge in [0.25, 0.3) is 0 Å². The van der Waals surface area contributed by atoms with Crippen molar-refractivity contribution in [2.75, 3.05) is 25.9 Å². The van der Waals surface area contributed by atoms with Crippen molar-refractivity contribution in [1.29, 1.82) is 0 Å². The molecular weight excluding hydrogens is 313 g/mol. The number of halogens is 3. The zero-order valence-electron chi connectivity index (χ0n) is 12.3. The SMILES string of the molecule is CC(C)(C)OC(=O)N1CCN(S(C)(=O)=O)[C@H](C(F)(F)F)C1. The van der Waals surface area contributed by atoms with Gasteiger partial charge in [0.2, 0.25) is 10.0 Å². The topological polar surface area (TPSA) is 66.9 Å². The lowest BCUT2D eigenvalue weighted by Gasteiger charge is -2.40. The third-order valence-electron chi connectivity index (χ3n) is 2.79. The van der Waals surface area contributed by atoms with Crippen molar-refractivity contribution < 1.29 is 31.1 Å². The van der Waals surface area contributed by atoms with Crippen LogP contribution < -0.4 is 0 Å². The quantitative estimate of drug-likeness (QED) is 0.728. The number of rotatable bonds is 1. The van der Waals surface area contributed by atoms with E-state index in [1.807, 2.05) is 0 Å². The molecule has 0 aliphatic carbocycles. The molecule has 0 bridgehead atoms. The van der Waals surface area contributed by atoms with Crippen LogP contribution in [0.15, 0.2) is 0 Å². The van der Waals surface area contributed by atoms with Crippen LogP contribution in [0.25, 0.3) is 0 Å². The number of hydrogen-bond acceptors (Lipinski definition) is 4. The Morgan fingerprint density at radius 1 is 1.19 bits per heavy atom. The Balaban J connectivity index is 2.93. The number of piperazine rings is 1. The molecular formula is C11H19F3N2O4S. The minimum Gasteiger partial charge on any atom is -0.444 e. The van der Waals surface area contributed by atoms with Crippen LogP contribution in [0.5, 0.6) is 0 Å². The monoisotopic (exact) mass is 332 g/mol. The Kier molecular flexibility index (Phi) is 4.84. The highest BCUT2D eigenvalue weighted by Gasteiger charge is 2.50. The first-order valence-corrected chi connectivity index (χ1v) is 8.08. The molecule has 1 saturated heterocycles. The van der Waals surface area contributed by atoms with E-state index < -0.39 is 47.0 Å². The fourth-order valence-electron chi connectivity index (χ4n) is 1.92. The van der Waals surface area contributed by atoms with Crippen LogP contribution in [-0.4, -0.2) is 67.4 Å². The average molecular weight is 332 g/mol. The van der Waals surface area contributed by atoms with E-state index in [2.05, 4.69) is 0 Å². The Morgan fingerprint density at radius 3 is 2.10 bits per heavy atom. The molecule has 0 N–H and O–H groups in total. The lowest BCUT2D eigenvalue weighted by Crippen LogP contribution is -2.61. The maximum Gasteiger partial charge on any atom is 0.410 e. The molecule has 0 radical (unpaired) electrons. The number of nitrogens with zero attached hydrogens (tertiary/aromatic N) is 2. The number of ether oxygens (including phenoxy) is 1. The molecule has 21 heavy (non-hydrogen) atoms. The van der Waals surface area contributed by atoms with E-state index in [0.29, 0.717) is 4.31 Å². The molecule has 0 aromatic heterocycles. The fourth-order valence-corrected chi connectivity index (χ4v) is 2.98. The van der Waals surface area contributed by atoms with Crippen LogP contribution in [0.1, 0.15) is 20.8 Å². The summed E-state index contributed by atoms with van der Waals surface area (Å²) in [5.74, 6) is 0. The van der Waals surface area contributed by atoms with Gasteiger partial charge in [-0.2, -0.15) is 17.5 Å². The molecule has 1 atom stereocenters. The largest absolute Gasteiger partial charge is 0.444 e. The highest BCUT2D eigenvalue weighted by molar-refractivity contribution is 7.88. The van der Waals surface area contributed by atoms with Crippen molar-refractivity contribution in [3.63, 3.8) is 0 Å². The van der Waals surface area contributed by atoms with Crippen LogP contribution in [-0.2, 0) is 14.8 Å². The van der Waals surface area contributed by atoms with Gasteiger partial charge in [0.05, 0.1) is 6.26 Å². The molecule has 124 valence electrons. The summed E-state index contributed by atoms with van der Waals surface area (Å²) in [6.07, 6.45) is -4.93. The summed E-state index contributed by atoms with van der Waals surface area (Å²) in [6.45, 7) is 3.46. The molecule has 10 heteroatoms. The minimum absolute atomic E-state index is 0.144. The van der Waals surface area contributed by atoms with Crippen molar-refractivity contribution in [2.24, 2.45) is 0 Å². The van der Waals surface area contributed by atoms with Gasteiger partial charge < -0.3 is 9.64 Å². The lowest BCUT2D eigenvalue weighted by molar-refractivity contribution is -0.181. The number of alkyl halides is 3. The predicted octanol–water partition coefficient (Wildman–Crippen LogP) is 1.43. The highest BCUT2D eigenvalue weighted by atomic mass is 32.2. The van der Waals surface area contributed by atoms with Crippen molar-refractivity contribution in [2.45, 2.75) is 38.6 Å². The van der Waals surface area contributed by atoms with Gasteiger partial charge in [-0.15, -0.1) is 0 Å².